The van der Waals surface area contributed by atoms with E-state index >= 15 is 0 Å². The summed E-state index contributed by atoms with van der Waals surface area (Å²) in [4.78, 5) is 19.9. The Kier molecular flexibility index (Phi) is 3.26. The van der Waals surface area contributed by atoms with Gasteiger partial charge in [-0.25, -0.2) is 9.97 Å². The summed E-state index contributed by atoms with van der Waals surface area (Å²) in [6.45, 7) is 2.31. The van der Waals surface area contributed by atoms with E-state index in [1.807, 2.05) is 24.4 Å². The smallest absolute Gasteiger partial charge is 0.270 e. The minimum absolute atomic E-state index is 0.168. The molecule has 2 rings (SSSR count). The SMILES string of the molecule is Cc1cccc(C(=O)NCc2nccs2)n1. The van der Waals surface area contributed by atoms with Gasteiger partial charge in [0.25, 0.3) is 5.91 Å². The molecule has 0 aromatic carbocycles. The molecule has 0 bridgehead atoms. The van der Waals surface area contributed by atoms with Crippen molar-refractivity contribution < 1.29 is 4.79 Å². The lowest BCUT2D eigenvalue weighted by molar-refractivity contribution is 0.0945. The van der Waals surface area contributed by atoms with Gasteiger partial charge in [-0.15, -0.1) is 11.3 Å². The predicted octanol–water partition coefficient (Wildman–Crippen LogP) is 1.78. The maximum Gasteiger partial charge on any atom is 0.270 e. The second-order valence-electron chi connectivity index (χ2n) is 3.27. The molecule has 0 atom stereocenters. The molecule has 16 heavy (non-hydrogen) atoms. The Bertz CT molecular complexity index is 482. The van der Waals surface area contributed by atoms with Gasteiger partial charge in [0.1, 0.15) is 10.7 Å². The molecule has 1 amide bonds. The molecule has 2 aromatic rings. The zero-order valence-corrected chi connectivity index (χ0v) is 9.62. The molecule has 1 N–H and O–H groups in total. The van der Waals surface area contributed by atoms with Crippen LogP contribution in [0.3, 0.4) is 0 Å². The first-order valence-corrected chi connectivity index (χ1v) is 5.74. The molecule has 0 aliphatic carbocycles. The Hall–Kier alpha value is -1.75. The minimum atomic E-state index is -0.168. The van der Waals surface area contributed by atoms with Gasteiger partial charge >= 0.3 is 0 Å². The van der Waals surface area contributed by atoms with Crippen LogP contribution >= 0.6 is 11.3 Å². The van der Waals surface area contributed by atoms with Crippen LogP contribution in [-0.4, -0.2) is 15.9 Å². The van der Waals surface area contributed by atoms with Crippen molar-refractivity contribution in [2.75, 3.05) is 0 Å². The largest absolute Gasteiger partial charge is 0.344 e. The number of aromatic nitrogens is 2. The van der Waals surface area contributed by atoms with E-state index in [9.17, 15) is 4.79 Å². The van der Waals surface area contributed by atoms with Crippen LogP contribution in [0.15, 0.2) is 29.8 Å². The van der Waals surface area contributed by atoms with Crippen molar-refractivity contribution in [1.29, 1.82) is 0 Å². The van der Waals surface area contributed by atoms with Gasteiger partial charge in [0.05, 0.1) is 6.54 Å². The maximum absolute atomic E-state index is 11.7. The van der Waals surface area contributed by atoms with Crippen LogP contribution in [0.25, 0.3) is 0 Å². The molecule has 0 fully saturated rings. The van der Waals surface area contributed by atoms with Gasteiger partial charge in [-0.3, -0.25) is 4.79 Å². The van der Waals surface area contributed by atoms with E-state index in [-0.39, 0.29) is 5.91 Å². The number of aryl methyl sites for hydroxylation is 1. The molecule has 0 saturated carbocycles. The van der Waals surface area contributed by atoms with Gasteiger partial charge in [0, 0.05) is 17.3 Å². The first-order valence-electron chi connectivity index (χ1n) is 4.86. The van der Waals surface area contributed by atoms with E-state index in [4.69, 9.17) is 0 Å². The minimum Gasteiger partial charge on any atom is -0.344 e. The van der Waals surface area contributed by atoms with Crippen LogP contribution in [-0.2, 0) is 6.54 Å². The third kappa shape index (κ3) is 2.64. The summed E-state index contributed by atoms with van der Waals surface area (Å²) >= 11 is 1.52. The van der Waals surface area contributed by atoms with E-state index in [2.05, 4.69) is 15.3 Å². The molecule has 2 aromatic heterocycles. The third-order valence-corrected chi connectivity index (χ3v) is 2.78. The van der Waals surface area contributed by atoms with E-state index in [0.717, 1.165) is 10.7 Å². The molecule has 4 nitrogen and oxygen atoms in total. The quantitative estimate of drug-likeness (QED) is 0.879. The number of rotatable bonds is 3. The van der Waals surface area contributed by atoms with Gasteiger partial charge in [0.2, 0.25) is 0 Å². The number of amides is 1. The average molecular weight is 233 g/mol. The number of nitrogens with one attached hydrogen (secondary N) is 1. The molecule has 5 heteroatoms. The highest BCUT2D eigenvalue weighted by Crippen LogP contribution is 2.04. The second-order valence-corrected chi connectivity index (χ2v) is 4.25. The number of nitrogens with zero attached hydrogens (tertiary/aromatic N) is 2. The van der Waals surface area contributed by atoms with Crippen LogP contribution in [0.4, 0.5) is 0 Å². The summed E-state index contributed by atoms with van der Waals surface area (Å²) < 4.78 is 0. The standard InChI is InChI=1S/C11H11N3OS/c1-8-3-2-4-9(14-8)11(15)13-7-10-12-5-6-16-10/h2-6H,7H2,1H3,(H,13,15). The second kappa shape index (κ2) is 4.85. The summed E-state index contributed by atoms with van der Waals surface area (Å²) in [5.74, 6) is -0.168. The molecular formula is C11H11N3OS. The highest BCUT2D eigenvalue weighted by molar-refractivity contribution is 7.09. The van der Waals surface area contributed by atoms with Gasteiger partial charge in [-0.1, -0.05) is 6.07 Å². The van der Waals surface area contributed by atoms with E-state index in [1.54, 1.807) is 12.3 Å². The highest BCUT2D eigenvalue weighted by atomic mass is 32.1. The zero-order valence-electron chi connectivity index (χ0n) is 8.80. The fourth-order valence-corrected chi connectivity index (χ4v) is 1.81. The third-order valence-electron chi connectivity index (χ3n) is 2.00. The fraction of sp³-hybridized carbons (Fsp3) is 0.182. The molecule has 82 valence electrons. The lowest BCUT2D eigenvalue weighted by atomic mass is 10.3. The van der Waals surface area contributed by atoms with Crippen molar-refractivity contribution in [3.63, 3.8) is 0 Å². The van der Waals surface area contributed by atoms with Crippen LogP contribution in [0.5, 0.6) is 0 Å². The number of carbonyl (C=O) groups is 1. The topological polar surface area (TPSA) is 54.9 Å². The van der Waals surface area contributed by atoms with Crippen molar-refractivity contribution in [3.8, 4) is 0 Å². The Balaban J connectivity index is 1.98. The monoisotopic (exact) mass is 233 g/mol. The Morgan fingerprint density at radius 2 is 2.38 bits per heavy atom. The summed E-state index contributed by atoms with van der Waals surface area (Å²) in [5.41, 5.74) is 1.28. The first kappa shape index (κ1) is 10.8. The van der Waals surface area contributed by atoms with E-state index in [1.165, 1.54) is 11.3 Å². The summed E-state index contributed by atoms with van der Waals surface area (Å²) in [6.07, 6.45) is 1.72. The molecule has 0 radical (unpaired) electrons. The number of thiazole rings is 1. The molecule has 0 saturated heterocycles. The number of hydrogen-bond donors (Lipinski definition) is 1. The fourth-order valence-electron chi connectivity index (χ4n) is 1.26. The number of carbonyl (C=O) groups excluding carboxylic acids is 1. The zero-order chi connectivity index (χ0) is 11.4. The highest BCUT2D eigenvalue weighted by Gasteiger charge is 2.06. The summed E-state index contributed by atoms with van der Waals surface area (Å²) in [5, 5.41) is 5.55. The Labute approximate surface area is 97.4 Å². The van der Waals surface area contributed by atoms with Crippen molar-refractivity contribution in [1.82, 2.24) is 15.3 Å². The van der Waals surface area contributed by atoms with Crippen molar-refractivity contribution in [3.05, 3.63) is 46.2 Å². The molecular weight excluding hydrogens is 222 g/mol. The van der Waals surface area contributed by atoms with Crippen LogP contribution in [0.2, 0.25) is 0 Å². The van der Waals surface area contributed by atoms with E-state index < -0.39 is 0 Å². The van der Waals surface area contributed by atoms with Crippen LogP contribution < -0.4 is 5.32 Å². The van der Waals surface area contributed by atoms with Crippen molar-refractivity contribution >= 4 is 17.2 Å². The molecule has 0 spiro atoms. The Morgan fingerprint density at radius 1 is 1.50 bits per heavy atom. The van der Waals surface area contributed by atoms with Crippen molar-refractivity contribution in [2.45, 2.75) is 13.5 Å². The van der Waals surface area contributed by atoms with Gasteiger partial charge in [0.15, 0.2) is 0 Å². The lowest BCUT2D eigenvalue weighted by Gasteiger charge is -2.02. The van der Waals surface area contributed by atoms with Gasteiger partial charge in [-0.05, 0) is 19.1 Å². The normalized spacial score (nSPS) is 10.1. The molecule has 0 unspecified atom stereocenters. The molecule has 2 heterocycles. The van der Waals surface area contributed by atoms with Crippen molar-refractivity contribution in [2.24, 2.45) is 0 Å². The summed E-state index contributed by atoms with van der Waals surface area (Å²) in [7, 11) is 0. The number of hydrogen-bond acceptors (Lipinski definition) is 4. The van der Waals surface area contributed by atoms with Gasteiger partial charge in [-0.2, -0.15) is 0 Å². The van der Waals surface area contributed by atoms with Gasteiger partial charge < -0.3 is 5.32 Å². The summed E-state index contributed by atoms with van der Waals surface area (Å²) in [6, 6.07) is 5.38. The predicted molar refractivity (Wildman–Crippen MR) is 62.3 cm³/mol. The lowest BCUT2D eigenvalue weighted by Crippen LogP contribution is -2.23. The maximum atomic E-state index is 11.7. The number of pyridine rings is 1. The van der Waals surface area contributed by atoms with Crippen LogP contribution in [0.1, 0.15) is 21.2 Å². The van der Waals surface area contributed by atoms with Crippen LogP contribution in [0, 0.1) is 6.92 Å². The Morgan fingerprint density at radius 3 is 3.06 bits per heavy atom. The van der Waals surface area contributed by atoms with E-state index in [0.29, 0.717) is 12.2 Å². The molecule has 0 aliphatic heterocycles. The first-order chi connectivity index (χ1) is 7.75. The molecule has 0 aliphatic rings. The average Bonchev–Trinajstić information content (AvgIpc) is 2.78.